The second kappa shape index (κ2) is 12.6. The number of aromatic hydroxyl groups is 1. The molecule has 12 heteroatoms. The van der Waals surface area contributed by atoms with E-state index < -0.39 is 29.9 Å². The predicted octanol–water partition coefficient (Wildman–Crippen LogP) is 8.07. The number of aromatic nitrogens is 3. The first-order valence-electron chi connectivity index (χ1n) is 17.2. The van der Waals surface area contributed by atoms with E-state index in [-0.39, 0.29) is 44.9 Å². The lowest BCUT2D eigenvalue weighted by atomic mass is 9.79. The molecular formula is C36H43ClF4N6O. The standard InChI is InChI=1S/C36H43ClF4N6O/c1-22-6-3-10-36(40,41)29-25(16-24(48)17-27(29)37)31-30(39)32-26(19-43-31)33(46-14-4-8-34(2,21-46)12-13-42-22)45-28(44-32)7-11-35-9-5-15-47(35)20-23(38)18-35/h16-17,19,23,42,48H,1,3-15,18,20-21H2,2H3. The number of phenolic OH excluding ortho intramolecular Hbond substituents is 1. The molecule has 1 aromatic carbocycles. The fraction of sp³-hybridized carbons (Fsp3) is 0.583. The van der Waals surface area contributed by atoms with Crippen molar-refractivity contribution >= 4 is 28.3 Å². The fourth-order valence-corrected chi connectivity index (χ4v) is 9.06. The van der Waals surface area contributed by atoms with Crippen LogP contribution in [0.15, 0.2) is 30.6 Å². The Balaban J connectivity index is 1.38. The van der Waals surface area contributed by atoms with Crippen LogP contribution >= 0.6 is 11.6 Å². The van der Waals surface area contributed by atoms with Crippen LogP contribution in [0, 0.1) is 11.2 Å². The Morgan fingerprint density at radius 3 is 2.75 bits per heavy atom. The zero-order chi connectivity index (χ0) is 33.8. The Hall–Kier alpha value is -3.18. The predicted molar refractivity (Wildman–Crippen MR) is 180 cm³/mol. The molecule has 0 aliphatic carbocycles. The summed E-state index contributed by atoms with van der Waals surface area (Å²) in [6, 6.07) is 2.13. The van der Waals surface area contributed by atoms with Crippen LogP contribution in [0.25, 0.3) is 22.2 Å². The summed E-state index contributed by atoms with van der Waals surface area (Å²) in [7, 11) is 0. The van der Waals surface area contributed by atoms with Gasteiger partial charge >= 0.3 is 0 Å². The van der Waals surface area contributed by atoms with Gasteiger partial charge in [-0.05, 0) is 81.9 Å². The lowest BCUT2D eigenvalue weighted by molar-refractivity contribution is -0.0145. The number of phenols is 1. The molecule has 5 aliphatic rings. The van der Waals surface area contributed by atoms with Crippen LogP contribution in [-0.4, -0.2) is 69.4 Å². The van der Waals surface area contributed by atoms with Crippen molar-refractivity contribution in [3.05, 3.63) is 52.8 Å². The maximum atomic E-state index is 16.9. The first kappa shape index (κ1) is 33.3. The fourth-order valence-electron chi connectivity index (χ4n) is 8.71. The summed E-state index contributed by atoms with van der Waals surface area (Å²) in [6.45, 7) is 9.65. The van der Waals surface area contributed by atoms with E-state index in [1.54, 1.807) is 0 Å². The van der Waals surface area contributed by atoms with E-state index >= 15 is 13.2 Å². The quantitative estimate of drug-likeness (QED) is 0.270. The maximum Gasteiger partial charge on any atom is 0.275 e. The zero-order valence-electron chi connectivity index (χ0n) is 27.4. The molecule has 7 nitrogen and oxygen atoms in total. The number of hydrogen-bond donors (Lipinski definition) is 2. The van der Waals surface area contributed by atoms with E-state index in [0.717, 1.165) is 50.8 Å². The van der Waals surface area contributed by atoms with Crippen LogP contribution in [0.4, 0.5) is 23.4 Å². The number of hydrogen-bond acceptors (Lipinski definition) is 7. The molecule has 48 heavy (non-hydrogen) atoms. The second-order valence-electron chi connectivity index (χ2n) is 14.7. The van der Waals surface area contributed by atoms with Crippen molar-refractivity contribution in [1.29, 1.82) is 0 Å². The molecule has 0 spiro atoms. The molecule has 3 atom stereocenters. The lowest BCUT2D eigenvalue weighted by Gasteiger charge is -2.41. The van der Waals surface area contributed by atoms with E-state index in [4.69, 9.17) is 21.6 Å². The SMILES string of the molecule is C=C1CCCC(F)(F)c2c(Cl)cc(O)cc2-c2ncc3c(nc(CCC45CCCN4CC(F)C5)nc3c2F)N2CCCC(C)(CCN1)C2. The number of aryl methyl sites for hydroxylation is 1. The largest absolute Gasteiger partial charge is 0.508 e. The number of allylic oxidation sites excluding steroid dienone is 1. The van der Waals surface area contributed by atoms with Crippen LogP contribution in [0.5, 0.6) is 5.75 Å². The Bertz CT molecular complexity index is 1740. The number of benzene rings is 1. The molecule has 8 rings (SSSR count). The third kappa shape index (κ3) is 6.21. The van der Waals surface area contributed by atoms with Crippen molar-refractivity contribution in [2.45, 2.75) is 95.2 Å². The van der Waals surface area contributed by atoms with Crippen molar-refractivity contribution < 1.29 is 22.7 Å². The third-order valence-corrected chi connectivity index (χ3v) is 11.4. The molecule has 2 N–H and O–H groups in total. The van der Waals surface area contributed by atoms with Crippen molar-refractivity contribution in [2.24, 2.45) is 5.41 Å². The highest BCUT2D eigenvalue weighted by molar-refractivity contribution is 6.32. The topological polar surface area (TPSA) is 77.4 Å². The number of alkyl halides is 3. The van der Waals surface area contributed by atoms with Crippen molar-refractivity contribution in [3.63, 3.8) is 0 Å². The highest BCUT2D eigenvalue weighted by atomic mass is 35.5. The molecule has 3 unspecified atom stereocenters. The molecular weight excluding hydrogens is 644 g/mol. The highest BCUT2D eigenvalue weighted by Gasteiger charge is 2.48. The van der Waals surface area contributed by atoms with Crippen LogP contribution in [0.1, 0.15) is 82.5 Å². The summed E-state index contributed by atoms with van der Waals surface area (Å²) < 4.78 is 63.4. The van der Waals surface area contributed by atoms with Gasteiger partial charge in [-0.1, -0.05) is 25.1 Å². The highest BCUT2D eigenvalue weighted by Crippen LogP contribution is 2.47. The van der Waals surface area contributed by atoms with Gasteiger partial charge < -0.3 is 15.3 Å². The second-order valence-corrected chi connectivity index (χ2v) is 15.2. The van der Waals surface area contributed by atoms with Gasteiger partial charge in [0.1, 0.15) is 34.8 Å². The van der Waals surface area contributed by atoms with Crippen LogP contribution < -0.4 is 10.2 Å². The molecule has 2 aromatic heterocycles. The molecule has 3 saturated heterocycles. The van der Waals surface area contributed by atoms with E-state index in [2.05, 4.69) is 33.6 Å². The van der Waals surface area contributed by atoms with Crippen LogP contribution in [0.2, 0.25) is 5.02 Å². The van der Waals surface area contributed by atoms with Gasteiger partial charge in [0, 0.05) is 67.6 Å². The number of pyridine rings is 1. The Morgan fingerprint density at radius 1 is 1.10 bits per heavy atom. The Labute approximate surface area is 283 Å². The van der Waals surface area contributed by atoms with Gasteiger partial charge in [0.15, 0.2) is 5.82 Å². The number of anilines is 1. The molecule has 7 heterocycles. The minimum atomic E-state index is -3.45. The summed E-state index contributed by atoms with van der Waals surface area (Å²) in [5.74, 6) is -3.71. The summed E-state index contributed by atoms with van der Waals surface area (Å²) in [5.41, 5.74) is -0.903. The normalized spacial score (nSPS) is 27.9. The minimum Gasteiger partial charge on any atom is -0.508 e. The average Bonchev–Trinajstić information content (AvgIpc) is 3.54. The molecule has 0 saturated carbocycles. The molecule has 6 bridgehead atoms. The summed E-state index contributed by atoms with van der Waals surface area (Å²) in [5, 5.41) is 13.8. The van der Waals surface area contributed by atoms with E-state index in [1.165, 1.54) is 6.20 Å². The van der Waals surface area contributed by atoms with Crippen molar-refractivity contribution in [1.82, 2.24) is 25.2 Å². The molecule has 0 amide bonds. The van der Waals surface area contributed by atoms with Gasteiger partial charge in [-0.2, -0.15) is 0 Å². The molecule has 0 radical (unpaired) electrons. The van der Waals surface area contributed by atoms with E-state index in [9.17, 15) is 9.50 Å². The number of halogens is 5. The van der Waals surface area contributed by atoms with Gasteiger partial charge in [-0.25, -0.2) is 27.5 Å². The number of rotatable bonds is 3. The molecule has 3 fully saturated rings. The maximum absolute atomic E-state index is 16.9. The Morgan fingerprint density at radius 2 is 1.92 bits per heavy atom. The number of piperidine rings is 1. The monoisotopic (exact) mass is 686 g/mol. The average molecular weight is 687 g/mol. The van der Waals surface area contributed by atoms with Gasteiger partial charge in [-0.3, -0.25) is 9.88 Å². The molecule has 258 valence electrons. The van der Waals surface area contributed by atoms with Gasteiger partial charge in [0.25, 0.3) is 5.92 Å². The lowest BCUT2D eigenvalue weighted by Crippen LogP contribution is -2.43. The molecule has 5 aliphatic heterocycles. The minimum absolute atomic E-state index is 0.0179. The van der Waals surface area contributed by atoms with Crippen molar-refractivity contribution in [3.8, 4) is 17.0 Å². The van der Waals surface area contributed by atoms with Crippen LogP contribution in [0.3, 0.4) is 0 Å². The van der Waals surface area contributed by atoms with E-state index in [0.29, 0.717) is 74.6 Å². The Kier molecular flexibility index (Phi) is 8.75. The number of nitrogens with one attached hydrogen (secondary N) is 1. The van der Waals surface area contributed by atoms with Gasteiger partial charge in [0.05, 0.1) is 10.4 Å². The van der Waals surface area contributed by atoms with Gasteiger partial charge in [-0.15, -0.1) is 0 Å². The summed E-state index contributed by atoms with van der Waals surface area (Å²) in [4.78, 5) is 18.6. The van der Waals surface area contributed by atoms with Crippen LogP contribution in [-0.2, 0) is 12.3 Å². The van der Waals surface area contributed by atoms with Gasteiger partial charge in [0.2, 0.25) is 0 Å². The molecule has 3 aromatic rings. The number of nitrogens with zero attached hydrogens (tertiary/aromatic N) is 5. The first-order valence-corrected chi connectivity index (χ1v) is 17.6. The third-order valence-electron chi connectivity index (χ3n) is 11.1. The summed E-state index contributed by atoms with van der Waals surface area (Å²) >= 11 is 6.38. The first-order chi connectivity index (χ1) is 22.9. The smallest absolute Gasteiger partial charge is 0.275 e. The zero-order valence-corrected chi connectivity index (χ0v) is 28.2. The van der Waals surface area contributed by atoms with Crippen molar-refractivity contribution in [2.75, 3.05) is 37.6 Å². The van der Waals surface area contributed by atoms with E-state index in [1.807, 2.05) is 0 Å². The number of fused-ring (bicyclic) bond motifs is 9. The summed E-state index contributed by atoms with van der Waals surface area (Å²) in [6.07, 6.45) is 6.68.